The molecule has 0 bridgehead atoms. The average Bonchev–Trinajstić information content (AvgIpc) is 2.70. The van der Waals surface area contributed by atoms with Gasteiger partial charge in [0.1, 0.15) is 6.54 Å². The predicted molar refractivity (Wildman–Crippen MR) is 74.3 cm³/mol. The molecule has 1 N–H and O–H groups in total. The van der Waals surface area contributed by atoms with Gasteiger partial charge >= 0.3 is 6.18 Å². The number of nitrogens with one attached hydrogen (secondary N) is 1. The van der Waals surface area contributed by atoms with Gasteiger partial charge in [-0.25, -0.2) is 0 Å². The Labute approximate surface area is 130 Å². The fraction of sp³-hybridized carbons (Fsp3) is 0.429. The highest BCUT2D eigenvalue weighted by atomic mass is 35.5. The van der Waals surface area contributed by atoms with Crippen LogP contribution < -0.4 is 5.32 Å². The number of hydrogen-bond acceptors (Lipinski definition) is 2. The minimum Gasteiger partial charge on any atom is -0.351 e. The van der Waals surface area contributed by atoms with E-state index in [1.807, 2.05) is 0 Å². The van der Waals surface area contributed by atoms with Crippen molar-refractivity contribution >= 4 is 23.4 Å². The molecule has 1 aromatic rings. The number of amides is 2. The van der Waals surface area contributed by atoms with E-state index < -0.39 is 24.7 Å². The standard InChI is InChI=1S/C14H14ClF3N2O2/c15-10-3-1-9(2-4-10)5-12(21)19-11-6-13(22)20(7-11)8-14(16,17)18/h1-4,11H,5-8H2,(H,19,21)/t11-/m1/s1. The van der Waals surface area contributed by atoms with Crippen molar-refractivity contribution in [3.63, 3.8) is 0 Å². The third kappa shape index (κ3) is 4.91. The highest BCUT2D eigenvalue weighted by Crippen LogP contribution is 2.21. The molecular weight excluding hydrogens is 321 g/mol. The van der Waals surface area contributed by atoms with E-state index in [1.165, 1.54) is 0 Å². The van der Waals surface area contributed by atoms with Gasteiger partial charge in [0.05, 0.1) is 12.5 Å². The number of benzene rings is 1. The van der Waals surface area contributed by atoms with E-state index in [0.717, 1.165) is 5.56 Å². The Bertz CT molecular complexity index is 560. The quantitative estimate of drug-likeness (QED) is 0.917. The Kier molecular flexibility index (Phi) is 4.95. The Balaban J connectivity index is 1.85. The molecule has 2 amide bonds. The van der Waals surface area contributed by atoms with Crippen molar-refractivity contribution in [2.75, 3.05) is 13.1 Å². The minimum absolute atomic E-state index is 0.0845. The molecule has 22 heavy (non-hydrogen) atoms. The number of likely N-dealkylation sites (tertiary alicyclic amines) is 1. The molecule has 0 saturated carbocycles. The Morgan fingerprint density at radius 1 is 1.32 bits per heavy atom. The number of hydrogen-bond donors (Lipinski definition) is 1. The van der Waals surface area contributed by atoms with E-state index in [2.05, 4.69) is 5.32 Å². The van der Waals surface area contributed by atoms with Crippen molar-refractivity contribution in [3.8, 4) is 0 Å². The maximum Gasteiger partial charge on any atom is 0.406 e. The second-order valence-electron chi connectivity index (χ2n) is 5.16. The van der Waals surface area contributed by atoms with Crippen LogP contribution in [0.1, 0.15) is 12.0 Å². The summed E-state index contributed by atoms with van der Waals surface area (Å²) in [6, 6.07) is 6.09. The van der Waals surface area contributed by atoms with Crippen LogP contribution >= 0.6 is 11.6 Å². The van der Waals surface area contributed by atoms with Crippen LogP contribution in [0.4, 0.5) is 13.2 Å². The SMILES string of the molecule is O=C(Cc1ccc(Cl)cc1)N[C@@H]1CC(=O)N(CC(F)(F)F)C1. The molecule has 0 spiro atoms. The maximum atomic E-state index is 12.3. The normalized spacial score (nSPS) is 18.6. The third-order valence-electron chi connectivity index (χ3n) is 3.23. The molecule has 8 heteroatoms. The largest absolute Gasteiger partial charge is 0.406 e. The molecule has 0 radical (unpaired) electrons. The molecule has 1 aliphatic heterocycles. The Morgan fingerprint density at radius 3 is 2.55 bits per heavy atom. The van der Waals surface area contributed by atoms with Gasteiger partial charge < -0.3 is 10.2 Å². The predicted octanol–water partition coefficient (Wildman–Crippen LogP) is 2.16. The summed E-state index contributed by atoms with van der Waals surface area (Å²) >= 11 is 5.74. The van der Waals surface area contributed by atoms with Gasteiger partial charge in [0, 0.05) is 18.0 Å². The average molecular weight is 335 g/mol. The number of carbonyl (C=O) groups excluding carboxylic acids is 2. The lowest BCUT2D eigenvalue weighted by Gasteiger charge is -2.18. The van der Waals surface area contributed by atoms with Crippen LogP contribution in [0.5, 0.6) is 0 Å². The van der Waals surface area contributed by atoms with Crippen LogP contribution in [0.2, 0.25) is 5.02 Å². The summed E-state index contributed by atoms with van der Waals surface area (Å²) < 4.78 is 36.9. The monoisotopic (exact) mass is 334 g/mol. The summed E-state index contributed by atoms with van der Waals surface area (Å²) in [5.41, 5.74) is 0.735. The molecule has 1 heterocycles. The van der Waals surface area contributed by atoms with E-state index in [1.54, 1.807) is 24.3 Å². The van der Waals surface area contributed by atoms with Crippen molar-refractivity contribution in [2.24, 2.45) is 0 Å². The lowest BCUT2D eigenvalue weighted by atomic mass is 10.1. The van der Waals surface area contributed by atoms with Gasteiger partial charge in [0.2, 0.25) is 11.8 Å². The van der Waals surface area contributed by atoms with Crippen LogP contribution in [-0.4, -0.2) is 42.0 Å². The first-order chi connectivity index (χ1) is 10.2. The van der Waals surface area contributed by atoms with Gasteiger partial charge in [-0.3, -0.25) is 9.59 Å². The highest BCUT2D eigenvalue weighted by molar-refractivity contribution is 6.30. The number of carbonyl (C=O) groups is 2. The molecule has 0 unspecified atom stereocenters. The van der Waals surface area contributed by atoms with Gasteiger partial charge in [-0.2, -0.15) is 13.2 Å². The van der Waals surface area contributed by atoms with Crippen molar-refractivity contribution in [2.45, 2.75) is 25.1 Å². The number of halogens is 4. The molecule has 1 saturated heterocycles. The van der Waals surface area contributed by atoms with E-state index in [4.69, 9.17) is 11.6 Å². The first-order valence-corrected chi connectivity index (χ1v) is 6.99. The minimum atomic E-state index is -4.43. The molecule has 4 nitrogen and oxygen atoms in total. The second kappa shape index (κ2) is 6.56. The zero-order chi connectivity index (χ0) is 16.3. The summed E-state index contributed by atoms with van der Waals surface area (Å²) in [5, 5.41) is 3.14. The fourth-order valence-corrected chi connectivity index (χ4v) is 2.43. The van der Waals surface area contributed by atoms with Gasteiger partial charge in [0.25, 0.3) is 0 Å². The number of alkyl halides is 3. The molecule has 2 rings (SSSR count). The Morgan fingerprint density at radius 2 is 1.95 bits per heavy atom. The third-order valence-corrected chi connectivity index (χ3v) is 3.48. The number of rotatable bonds is 4. The summed E-state index contributed by atoms with van der Waals surface area (Å²) in [4.78, 5) is 24.1. The Hall–Kier alpha value is -1.76. The zero-order valence-corrected chi connectivity index (χ0v) is 12.2. The van der Waals surface area contributed by atoms with Crippen LogP contribution in [0.25, 0.3) is 0 Å². The molecule has 1 fully saturated rings. The van der Waals surface area contributed by atoms with Crippen molar-refractivity contribution in [1.29, 1.82) is 0 Å². The summed E-state index contributed by atoms with van der Waals surface area (Å²) in [7, 11) is 0. The van der Waals surface area contributed by atoms with Gasteiger partial charge in [-0.05, 0) is 17.7 Å². The molecule has 1 aliphatic rings. The summed E-state index contributed by atoms with van der Waals surface area (Å²) in [5.74, 6) is -0.942. The van der Waals surface area contributed by atoms with Crippen LogP contribution in [0, 0.1) is 0 Å². The second-order valence-corrected chi connectivity index (χ2v) is 5.60. The van der Waals surface area contributed by atoms with E-state index in [0.29, 0.717) is 9.92 Å². The highest BCUT2D eigenvalue weighted by Gasteiger charge is 2.38. The van der Waals surface area contributed by atoms with Crippen LogP contribution in [0.15, 0.2) is 24.3 Å². The summed E-state index contributed by atoms with van der Waals surface area (Å²) in [6.45, 7) is -1.40. The fourth-order valence-electron chi connectivity index (χ4n) is 2.30. The molecular formula is C14H14ClF3N2O2. The molecule has 0 aromatic heterocycles. The first-order valence-electron chi connectivity index (χ1n) is 6.61. The smallest absolute Gasteiger partial charge is 0.351 e. The van der Waals surface area contributed by atoms with Crippen LogP contribution in [0.3, 0.4) is 0 Å². The lowest BCUT2D eigenvalue weighted by molar-refractivity contribution is -0.157. The molecule has 1 atom stereocenters. The van der Waals surface area contributed by atoms with Gasteiger partial charge in [0.15, 0.2) is 0 Å². The van der Waals surface area contributed by atoms with Crippen molar-refractivity contribution in [3.05, 3.63) is 34.9 Å². The maximum absolute atomic E-state index is 12.3. The van der Waals surface area contributed by atoms with E-state index >= 15 is 0 Å². The molecule has 0 aliphatic carbocycles. The lowest BCUT2D eigenvalue weighted by Crippen LogP contribution is -2.40. The van der Waals surface area contributed by atoms with E-state index in [-0.39, 0.29) is 25.3 Å². The van der Waals surface area contributed by atoms with E-state index in [9.17, 15) is 22.8 Å². The van der Waals surface area contributed by atoms with Crippen molar-refractivity contribution < 1.29 is 22.8 Å². The molecule has 120 valence electrons. The zero-order valence-electron chi connectivity index (χ0n) is 11.5. The van der Waals surface area contributed by atoms with Crippen molar-refractivity contribution in [1.82, 2.24) is 10.2 Å². The number of nitrogens with zero attached hydrogens (tertiary/aromatic N) is 1. The summed E-state index contributed by atoms with van der Waals surface area (Å²) in [6.07, 6.45) is -4.46. The molecule has 1 aromatic carbocycles. The van der Waals surface area contributed by atoms with Gasteiger partial charge in [-0.15, -0.1) is 0 Å². The topological polar surface area (TPSA) is 49.4 Å². The first kappa shape index (κ1) is 16.6. The van der Waals surface area contributed by atoms with Crippen LogP contribution in [-0.2, 0) is 16.0 Å². The van der Waals surface area contributed by atoms with Gasteiger partial charge in [-0.1, -0.05) is 23.7 Å².